The van der Waals surface area contributed by atoms with Gasteiger partial charge >= 0.3 is 5.97 Å². The number of ketones is 1. The maximum atomic E-state index is 11.3. The van der Waals surface area contributed by atoms with E-state index in [2.05, 4.69) is 15.6 Å². The van der Waals surface area contributed by atoms with Crippen molar-refractivity contribution in [1.29, 1.82) is 0 Å². The molecule has 0 amide bonds. The lowest BCUT2D eigenvalue weighted by Crippen LogP contribution is -2.45. The summed E-state index contributed by atoms with van der Waals surface area (Å²) in [4.78, 5) is 22.4. The zero-order valence-electron chi connectivity index (χ0n) is 9.56. The maximum absolute atomic E-state index is 11.3. The number of aromatic hydroxyl groups is 1. The van der Waals surface area contributed by atoms with Gasteiger partial charge in [0.2, 0.25) is 0 Å². The number of phenolic OH excluding ortho intramolecular Hbond substituents is 1. The number of hydrogen-bond donors (Lipinski definition) is 3. The third kappa shape index (κ3) is 3.46. The van der Waals surface area contributed by atoms with Gasteiger partial charge in [0, 0.05) is 0 Å². The number of para-hydroxylation sites is 2. The van der Waals surface area contributed by atoms with Crippen LogP contribution in [0, 0.1) is 0 Å². The molecular weight excluding hydrogens is 224 g/mol. The molecule has 1 unspecified atom stereocenters. The van der Waals surface area contributed by atoms with Crippen LogP contribution in [0.2, 0.25) is 0 Å². The number of ether oxygens (including phenoxy) is 1. The Morgan fingerprint density at radius 1 is 1.35 bits per heavy atom. The topological polar surface area (TPSA) is 87.7 Å². The zero-order chi connectivity index (χ0) is 12.8. The van der Waals surface area contributed by atoms with Crippen molar-refractivity contribution in [3.8, 4) is 5.75 Å². The summed E-state index contributed by atoms with van der Waals surface area (Å²) in [6.07, 6.45) is 0. The maximum Gasteiger partial charge on any atom is 0.332 e. The lowest BCUT2D eigenvalue weighted by Gasteiger charge is -2.15. The fourth-order valence-electron chi connectivity index (χ4n) is 1.17. The van der Waals surface area contributed by atoms with E-state index in [1.54, 1.807) is 18.2 Å². The van der Waals surface area contributed by atoms with Crippen LogP contribution in [0.4, 0.5) is 5.69 Å². The molecule has 1 aromatic carbocycles. The molecule has 0 radical (unpaired) electrons. The minimum absolute atomic E-state index is 0.00664. The molecule has 1 atom stereocenters. The van der Waals surface area contributed by atoms with Crippen molar-refractivity contribution in [3.63, 3.8) is 0 Å². The SMILES string of the molecule is COC(=O)C(NNc1ccccc1O)C(C)=O. The Hall–Kier alpha value is -2.08. The van der Waals surface area contributed by atoms with E-state index < -0.39 is 12.0 Å². The first-order valence-corrected chi connectivity index (χ1v) is 4.94. The van der Waals surface area contributed by atoms with Crippen molar-refractivity contribution in [3.05, 3.63) is 24.3 Å². The molecule has 0 aliphatic carbocycles. The number of Topliss-reactive ketones (excluding diaryl/α,β-unsaturated/α-hetero) is 1. The largest absolute Gasteiger partial charge is 0.506 e. The summed E-state index contributed by atoms with van der Waals surface area (Å²) in [5.41, 5.74) is 5.44. The molecule has 3 N–H and O–H groups in total. The molecule has 0 aliphatic heterocycles. The molecule has 6 heteroatoms. The van der Waals surface area contributed by atoms with Gasteiger partial charge in [0.05, 0.1) is 12.8 Å². The second kappa shape index (κ2) is 5.86. The van der Waals surface area contributed by atoms with Gasteiger partial charge in [0.25, 0.3) is 0 Å². The molecule has 1 rings (SSSR count). The summed E-state index contributed by atoms with van der Waals surface area (Å²) in [5.74, 6) is -1.08. The number of phenols is 1. The van der Waals surface area contributed by atoms with E-state index in [1.165, 1.54) is 20.1 Å². The van der Waals surface area contributed by atoms with Gasteiger partial charge in [-0.25, -0.2) is 10.2 Å². The van der Waals surface area contributed by atoms with Crippen LogP contribution in [-0.2, 0) is 14.3 Å². The molecule has 0 saturated heterocycles. The van der Waals surface area contributed by atoms with Crippen molar-refractivity contribution >= 4 is 17.4 Å². The first kappa shape index (κ1) is 13.0. The van der Waals surface area contributed by atoms with Crippen LogP contribution in [-0.4, -0.2) is 30.0 Å². The standard InChI is InChI=1S/C11H14N2O4/c1-7(14)10(11(16)17-2)13-12-8-5-3-4-6-9(8)15/h3-6,10,12-13,15H,1-2H3. The lowest BCUT2D eigenvalue weighted by atomic mass is 10.2. The van der Waals surface area contributed by atoms with Crippen LogP contribution in [0.15, 0.2) is 24.3 Å². The van der Waals surface area contributed by atoms with Crippen molar-refractivity contribution in [2.75, 3.05) is 12.5 Å². The summed E-state index contributed by atoms with van der Waals surface area (Å²) in [5, 5.41) is 9.45. The number of benzene rings is 1. The number of anilines is 1. The Morgan fingerprint density at radius 2 is 2.00 bits per heavy atom. The number of carbonyl (C=O) groups is 2. The Bertz CT molecular complexity index is 420. The van der Waals surface area contributed by atoms with Gasteiger partial charge in [0.15, 0.2) is 11.8 Å². The van der Waals surface area contributed by atoms with E-state index >= 15 is 0 Å². The van der Waals surface area contributed by atoms with Crippen molar-refractivity contribution in [1.82, 2.24) is 5.43 Å². The first-order chi connectivity index (χ1) is 8.06. The molecule has 92 valence electrons. The van der Waals surface area contributed by atoms with E-state index in [-0.39, 0.29) is 11.5 Å². The van der Waals surface area contributed by atoms with Gasteiger partial charge < -0.3 is 15.3 Å². The molecule has 0 spiro atoms. The molecule has 0 fully saturated rings. The second-order valence-corrected chi connectivity index (χ2v) is 3.35. The van der Waals surface area contributed by atoms with Gasteiger partial charge in [-0.3, -0.25) is 4.79 Å². The highest BCUT2D eigenvalue weighted by Gasteiger charge is 2.23. The second-order valence-electron chi connectivity index (χ2n) is 3.35. The van der Waals surface area contributed by atoms with Crippen LogP contribution >= 0.6 is 0 Å². The van der Waals surface area contributed by atoms with E-state index in [1.807, 2.05) is 0 Å². The van der Waals surface area contributed by atoms with Crippen molar-refractivity contribution < 1.29 is 19.4 Å². The monoisotopic (exact) mass is 238 g/mol. The number of esters is 1. The average Bonchev–Trinajstić information content (AvgIpc) is 2.30. The molecule has 1 aromatic rings. The molecule has 0 bridgehead atoms. The summed E-state index contributed by atoms with van der Waals surface area (Å²) in [7, 11) is 1.19. The number of hydrogen-bond acceptors (Lipinski definition) is 6. The highest BCUT2D eigenvalue weighted by molar-refractivity contribution is 6.02. The Kier molecular flexibility index (Phi) is 4.47. The molecular formula is C11H14N2O4. The number of methoxy groups -OCH3 is 1. The van der Waals surface area contributed by atoms with Crippen LogP contribution in [0.1, 0.15) is 6.92 Å². The predicted molar refractivity (Wildman–Crippen MR) is 61.4 cm³/mol. The Balaban J connectivity index is 2.68. The predicted octanol–water partition coefficient (Wildman–Crippen LogP) is 0.439. The molecule has 0 aromatic heterocycles. The number of hydrazine groups is 1. The number of carbonyl (C=O) groups excluding carboxylic acids is 2. The van der Waals surface area contributed by atoms with E-state index in [9.17, 15) is 14.7 Å². The van der Waals surface area contributed by atoms with Crippen molar-refractivity contribution in [2.45, 2.75) is 13.0 Å². The van der Waals surface area contributed by atoms with Gasteiger partial charge in [-0.2, -0.15) is 0 Å². The summed E-state index contributed by atoms with van der Waals surface area (Å²) < 4.78 is 4.47. The third-order valence-electron chi connectivity index (χ3n) is 2.10. The van der Waals surface area contributed by atoms with Crippen LogP contribution in [0.3, 0.4) is 0 Å². The van der Waals surface area contributed by atoms with Gasteiger partial charge in [-0.15, -0.1) is 0 Å². The normalized spacial score (nSPS) is 11.6. The Labute approximate surface area is 98.6 Å². The van der Waals surface area contributed by atoms with Crippen LogP contribution in [0.5, 0.6) is 5.75 Å². The third-order valence-corrected chi connectivity index (χ3v) is 2.10. The minimum Gasteiger partial charge on any atom is -0.506 e. The Morgan fingerprint density at radius 3 is 2.53 bits per heavy atom. The highest BCUT2D eigenvalue weighted by Crippen LogP contribution is 2.20. The molecule has 0 aliphatic rings. The van der Waals surface area contributed by atoms with Crippen LogP contribution in [0.25, 0.3) is 0 Å². The highest BCUT2D eigenvalue weighted by atomic mass is 16.5. The van der Waals surface area contributed by atoms with E-state index in [0.29, 0.717) is 5.69 Å². The quantitative estimate of drug-likeness (QED) is 0.298. The molecule has 6 nitrogen and oxygen atoms in total. The fraction of sp³-hybridized carbons (Fsp3) is 0.273. The summed E-state index contributed by atoms with van der Waals surface area (Å²) in [6.45, 7) is 1.26. The molecule has 17 heavy (non-hydrogen) atoms. The summed E-state index contributed by atoms with van der Waals surface area (Å²) >= 11 is 0. The van der Waals surface area contributed by atoms with Gasteiger partial charge in [-0.05, 0) is 19.1 Å². The smallest absolute Gasteiger partial charge is 0.332 e. The molecule has 0 heterocycles. The first-order valence-electron chi connectivity index (χ1n) is 4.94. The number of rotatable bonds is 5. The average molecular weight is 238 g/mol. The van der Waals surface area contributed by atoms with E-state index in [4.69, 9.17) is 0 Å². The molecule has 0 saturated carbocycles. The fourth-order valence-corrected chi connectivity index (χ4v) is 1.17. The van der Waals surface area contributed by atoms with Gasteiger partial charge in [0.1, 0.15) is 5.75 Å². The summed E-state index contributed by atoms with van der Waals surface area (Å²) in [6, 6.07) is 5.31. The zero-order valence-corrected chi connectivity index (χ0v) is 9.56. The van der Waals surface area contributed by atoms with E-state index in [0.717, 1.165) is 0 Å². The lowest BCUT2D eigenvalue weighted by molar-refractivity contribution is -0.145. The van der Waals surface area contributed by atoms with Gasteiger partial charge in [-0.1, -0.05) is 12.1 Å². The van der Waals surface area contributed by atoms with Crippen LogP contribution < -0.4 is 10.9 Å². The minimum atomic E-state index is -1.11. The number of nitrogens with one attached hydrogen (secondary N) is 2. The van der Waals surface area contributed by atoms with Crippen molar-refractivity contribution in [2.24, 2.45) is 0 Å².